The highest BCUT2D eigenvalue weighted by atomic mass is 35.5. The standard InChI is InChI=1S/C16H22ClN3O5/c1-15(2,3)19(18-14(22)25-16(4,5)6)13(21)11-9-10(20(23)24)7-8-12(11)17/h7-9H,1-6H3,(H,18,22). The Morgan fingerprint density at radius 1 is 1.20 bits per heavy atom. The van der Waals surface area contributed by atoms with Crippen LogP contribution in [0.2, 0.25) is 5.02 Å². The fourth-order valence-electron chi connectivity index (χ4n) is 1.83. The Hall–Kier alpha value is -2.35. The van der Waals surface area contributed by atoms with Crippen molar-refractivity contribution in [1.29, 1.82) is 0 Å². The monoisotopic (exact) mass is 371 g/mol. The van der Waals surface area contributed by atoms with E-state index >= 15 is 0 Å². The number of hydrogen-bond donors (Lipinski definition) is 1. The minimum Gasteiger partial charge on any atom is -0.443 e. The van der Waals surface area contributed by atoms with Gasteiger partial charge in [-0.05, 0) is 47.6 Å². The summed E-state index contributed by atoms with van der Waals surface area (Å²) in [6, 6.07) is 3.53. The molecule has 0 aromatic heterocycles. The van der Waals surface area contributed by atoms with Gasteiger partial charge in [0.15, 0.2) is 0 Å². The zero-order chi connectivity index (χ0) is 19.6. The smallest absolute Gasteiger partial charge is 0.426 e. The molecule has 0 bridgehead atoms. The highest BCUT2D eigenvalue weighted by Crippen LogP contribution is 2.25. The molecule has 25 heavy (non-hydrogen) atoms. The van der Waals surface area contributed by atoms with E-state index in [9.17, 15) is 19.7 Å². The summed E-state index contributed by atoms with van der Waals surface area (Å²) in [5, 5.41) is 12.0. The van der Waals surface area contributed by atoms with Crippen LogP contribution in [0.1, 0.15) is 51.9 Å². The maximum absolute atomic E-state index is 12.8. The molecule has 8 nitrogen and oxygen atoms in total. The van der Waals surface area contributed by atoms with Gasteiger partial charge in [0.2, 0.25) is 0 Å². The Morgan fingerprint density at radius 2 is 1.76 bits per heavy atom. The molecule has 0 aliphatic carbocycles. The number of nitro benzene ring substituents is 1. The lowest BCUT2D eigenvalue weighted by molar-refractivity contribution is -0.384. The SMILES string of the molecule is CC(C)(C)OC(=O)NN(C(=O)c1cc([N+](=O)[O-])ccc1Cl)C(C)(C)C. The van der Waals surface area contributed by atoms with Crippen molar-refractivity contribution in [3.63, 3.8) is 0 Å². The quantitative estimate of drug-likeness (QED) is 0.626. The number of ether oxygens (including phenoxy) is 1. The van der Waals surface area contributed by atoms with Crippen LogP contribution in [0.4, 0.5) is 10.5 Å². The first-order valence-corrected chi connectivity index (χ1v) is 7.88. The minimum atomic E-state index is -0.831. The van der Waals surface area contributed by atoms with Crippen molar-refractivity contribution in [2.24, 2.45) is 0 Å². The summed E-state index contributed by atoms with van der Waals surface area (Å²) in [4.78, 5) is 35.2. The van der Waals surface area contributed by atoms with Crippen molar-refractivity contribution in [1.82, 2.24) is 10.4 Å². The minimum absolute atomic E-state index is 0.0378. The first-order chi connectivity index (χ1) is 11.2. The molecule has 1 N–H and O–H groups in total. The van der Waals surface area contributed by atoms with Crippen LogP contribution in [0.25, 0.3) is 0 Å². The Labute approximate surface area is 151 Å². The predicted octanol–water partition coefficient (Wildman–Crippen LogP) is 3.93. The number of nitrogens with one attached hydrogen (secondary N) is 1. The molecule has 0 heterocycles. The number of rotatable bonds is 2. The van der Waals surface area contributed by atoms with Gasteiger partial charge in [0, 0.05) is 12.1 Å². The molecule has 0 aliphatic rings. The van der Waals surface area contributed by atoms with Crippen LogP contribution < -0.4 is 5.43 Å². The van der Waals surface area contributed by atoms with Gasteiger partial charge < -0.3 is 4.74 Å². The Balaban J connectivity index is 3.21. The van der Waals surface area contributed by atoms with Crippen molar-refractivity contribution in [3.05, 3.63) is 38.9 Å². The predicted molar refractivity (Wildman–Crippen MR) is 93.4 cm³/mol. The van der Waals surface area contributed by atoms with E-state index in [1.165, 1.54) is 12.1 Å². The summed E-state index contributed by atoms with van der Waals surface area (Å²) in [7, 11) is 0. The van der Waals surface area contributed by atoms with Crippen LogP contribution in [0.15, 0.2) is 18.2 Å². The second-order valence-corrected chi connectivity index (χ2v) is 7.75. The number of halogens is 1. The van der Waals surface area contributed by atoms with Crippen LogP contribution in [-0.2, 0) is 4.74 Å². The molecule has 0 saturated heterocycles. The molecule has 138 valence electrons. The number of hydrazine groups is 1. The van der Waals surface area contributed by atoms with E-state index in [0.29, 0.717) is 0 Å². The van der Waals surface area contributed by atoms with Gasteiger partial charge in [-0.2, -0.15) is 0 Å². The van der Waals surface area contributed by atoms with Crippen LogP contribution in [0.5, 0.6) is 0 Å². The van der Waals surface area contributed by atoms with Crippen LogP contribution >= 0.6 is 11.6 Å². The Morgan fingerprint density at radius 3 is 2.20 bits per heavy atom. The fraction of sp³-hybridized carbons (Fsp3) is 0.500. The van der Waals surface area contributed by atoms with Gasteiger partial charge >= 0.3 is 6.09 Å². The number of hydrogen-bond acceptors (Lipinski definition) is 5. The van der Waals surface area contributed by atoms with Crippen molar-refractivity contribution in [2.75, 3.05) is 0 Å². The number of nitro groups is 1. The topological polar surface area (TPSA) is 102 Å². The zero-order valence-electron chi connectivity index (χ0n) is 15.0. The Kier molecular flexibility index (Phi) is 6.01. The number of carbonyl (C=O) groups excluding carboxylic acids is 2. The molecule has 1 aromatic rings. The first kappa shape index (κ1) is 20.7. The lowest BCUT2D eigenvalue weighted by Gasteiger charge is -2.36. The van der Waals surface area contributed by atoms with Crippen molar-refractivity contribution >= 4 is 29.3 Å². The highest BCUT2D eigenvalue weighted by molar-refractivity contribution is 6.34. The van der Waals surface area contributed by atoms with Crippen LogP contribution in [0.3, 0.4) is 0 Å². The summed E-state index contributed by atoms with van der Waals surface area (Å²) in [6.07, 6.45) is -0.822. The van der Waals surface area contributed by atoms with Crippen LogP contribution in [-0.4, -0.2) is 33.1 Å². The molecule has 9 heteroatoms. The van der Waals surface area contributed by atoms with Crippen molar-refractivity contribution < 1.29 is 19.2 Å². The lowest BCUT2D eigenvalue weighted by Crippen LogP contribution is -2.56. The average Bonchev–Trinajstić information content (AvgIpc) is 2.41. The van der Waals surface area contributed by atoms with Gasteiger partial charge in [-0.15, -0.1) is 0 Å². The second-order valence-electron chi connectivity index (χ2n) is 7.35. The van der Waals surface area contributed by atoms with Gasteiger partial charge in [0.25, 0.3) is 11.6 Å². The lowest BCUT2D eigenvalue weighted by atomic mass is 10.1. The molecule has 0 unspecified atom stereocenters. The summed E-state index contributed by atoms with van der Waals surface area (Å²) in [5.41, 5.74) is 0.426. The van der Waals surface area contributed by atoms with E-state index in [4.69, 9.17) is 16.3 Å². The number of carbonyl (C=O) groups is 2. The largest absolute Gasteiger partial charge is 0.443 e. The first-order valence-electron chi connectivity index (χ1n) is 7.50. The number of benzene rings is 1. The molecule has 0 atom stereocenters. The van der Waals surface area contributed by atoms with E-state index in [-0.39, 0.29) is 16.3 Å². The molecule has 1 rings (SSSR count). The van der Waals surface area contributed by atoms with E-state index in [2.05, 4.69) is 5.43 Å². The molecule has 2 amide bonds. The molecule has 1 aromatic carbocycles. The fourth-order valence-corrected chi connectivity index (χ4v) is 2.02. The maximum atomic E-state index is 12.8. The molecular weight excluding hydrogens is 350 g/mol. The summed E-state index contributed by atoms with van der Waals surface area (Å²) >= 11 is 6.02. The van der Waals surface area contributed by atoms with Gasteiger partial charge in [0.1, 0.15) is 5.60 Å². The third-order valence-electron chi connectivity index (χ3n) is 2.87. The van der Waals surface area contributed by atoms with Gasteiger partial charge in [-0.3, -0.25) is 14.9 Å². The maximum Gasteiger partial charge on any atom is 0.426 e. The van der Waals surface area contributed by atoms with Crippen molar-refractivity contribution in [2.45, 2.75) is 52.7 Å². The van der Waals surface area contributed by atoms with Crippen molar-refractivity contribution in [3.8, 4) is 0 Å². The third-order valence-corrected chi connectivity index (χ3v) is 3.20. The molecule has 0 aliphatic heterocycles. The zero-order valence-corrected chi connectivity index (χ0v) is 15.8. The average molecular weight is 372 g/mol. The normalized spacial score (nSPS) is 11.6. The summed E-state index contributed by atoms with van der Waals surface area (Å²) < 4.78 is 5.16. The molecule has 0 saturated carbocycles. The third kappa shape index (κ3) is 5.90. The molecular formula is C16H22ClN3O5. The van der Waals surface area contributed by atoms with Gasteiger partial charge in [0.05, 0.1) is 21.0 Å². The van der Waals surface area contributed by atoms with E-state index in [1.807, 2.05) is 0 Å². The van der Waals surface area contributed by atoms with E-state index in [1.54, 1.807) is 41.5 Å². The van der Waals surface area contributed by atoms with Gasteiger partial charge in [-0.1, -0.05) is 11.6 Å². The second kappa shape index (κ2) is 7.26. The highest BCUT2D eigenvalue weighted by Gasteiger charge is 2.32. The summed E-state index contributed by atoms with van der Waals surface area (Å²) in [6.45, 7) is 10.1. The number of amides is 2. The van der Waals surface area contributed by atoms with E-state index < -0.39 is 28.1 Å². The molecule has 0 spiro atoms. The van der Waals surface area contributed by atoms with E-state index in [0.717, 1.165) is 11.1 Å². The number of non-ortho nitro benzene ring substituents is 1. The van der Waals surface area contributed by atoms with Gasteiger partial charge in [-0.25, -0.2) is 15.2 Å². The number of nitrogens with zero attached hydrogens (tertiary/aromatic N) is 2. The molecule has 0 radical (unpaired) electrons. The molecule has 0 fully saturated rings. The summed E-state index contributed by atoms with van der Waals surface area (Å²) in [5.74, 6) is -0.688. The Bertz CT molecular complexity index is 692. The van der Waals surface area contributed by atoms with Crippen LogP contribution in [0, 0.1) is 10.1 Å².